The molecule has 2 aromatic carbocycles. The summed E-state index contributed by atoms with van der Waals surface area (Å²) < 4.78 is 26.5. The molecule has 4 aliphatic rings. The Bertz CT molecular complexity index is 1340. The molecule has 10 nitrogen and oxygen atoms in total. The van der Waals surface area contributed by atoms with Gasteiger partial charge in [0.2, 0.25) is 0 Å². The van der Waals surface area contributed by atoms with Gasteiger partial charge in [0.25, 0.3) is 0 Å². The fourth-order valence-electron chi connectivity index (χ4n) is 4.91. The summed E-state index contributed by atoms with van der Waals surface area (Å²) in [5.41, 5.74) is -1.66. The first kappa shape index (κ1) is 35.6. The predicted molar refractivity (Wildman–Crippen MR) is 151 cm³/mol. The minimum absolute atomic E-state index is 0. The number of aliphatic hydroxyl groups is 1. The molecule has 2 aliphatic heterocycles. The van der Waals surface area contributed by atoms with Crippen molar-refractivity contribution in [3.8, 4) is 0 Å². The fourth-order valence-corrected chi connectivity index (χ4v) is 4.91. The van der Waals surface area contributed by atoms with Gasteiger partial charge in [-0.05, 0) is 55.5 Å². The molecular weight excluding hydrogens is 728 g/mol. The minimum atomic E-state index is -1.56. The molecule has 2 heterocycles. The molecule has 0 saturated carbocycles. The summed E-state index contributed by atoms with van der Waals surface area (Å²) in [6.07, 6.45) is 4.33. The van der Waals surface area contributed by atoms with E-state index in [-0.39, 0.29) is 42.3 Å². The quantitative estimate of drug-likeness (QED) is 0.262. The molecule has 43 heavy (non-hydrogen) atoms. The van der Waals surface area contributed by atoms with Crippen LogP contribution in [-0.4, -0.2) is 71.2 Å². The zero-order chi connectivity index (χ0) is 28.3. The van der Waals surface area contributed by atoms with Crippen LogP contribution in [0, 0.1) is 0 Å². The Morgan fingerprint density at radius 2 is 1.26 bits per heavy atom. The number of hydrogen-bond donors (Lipinski definition) is 1. The Balaban J connectivity index is 0.000000282. The number of hydrogen-bond acceptors (Lipinski definition) is 10. The van der Waals surface area contributed by atoms with Crippen LogP contribution < -0.4 is 0 Å². The van der Waals surface area contributed by atoms with Gasteiger partial charge in [-0.3, -0.25) is 0 Å². The summed E-state index contributed by atoms with van der Waals surface area (Å²) in [6.45, 7) is 2.24. The first-order chi connectivity index (χ1) is 19.2. The summed E-state index contributed by atoms with van der Waals surface area (Å²) in [7, 11) is 0. The number of fused-ring (bicyclic) bond motifs is 4. The Hall–Kier alpha value is -3.59. The van der Waals surface area contributed by atoms with Crippen molar-refractivity contribution in [1.29, 1.82) is 0 Å². The van der Waals surface area contributed by atoms with E-state index in [1.807, 2.05) is 13.0 Å². The van der Waals surface area contributed by atoms with Crippen molar-refractivity contribution in [2.24, 2.45) is 0 Å². The van der Waals surface area contributed by atoms with Gasteiger partial charge in [-0.2, -0.15) is 0 Å². The molecule has 2 aliphatic carbocycles. The SMILES string of the molecule is C.C.CCO[C@@]12C=C[C@@H](OC(=O)c3ccccc3)[C@@H](C1)OC2=O.O=C(O[C@@H]1C=C[C@]2(O)C[C@H]1OC2=O)c1ccccc1.[W]. The number of carbonyl (C=O) groups is 4. The molecule has 4 bridgehead atoms. The monoisotopic (exact) mass is 764 g/mol. The smallest absolute Gasteiger partial charge is 0.343 e. The van der Waals surface area contributed by atoms with Crippen LogP contribution in [0.15, 0.2) is 85.0 Å². The van der Waals surface area contributed by atoms with Gasteiger partial charge in [-0.25, -0.2) is 19.2 Å². The summed E-state index contributed by atoms with van der Waals surface area (Å²) in [4.78, 5) is 47.3. The van der Waals surface area contributed by atoms with Crippen molar-refractivity contribution in [3.05, 3.63) is 96.1 Å². The maximum atomic E-state index is 12.0. The van der Waals surface area contributed by atoms with Crippen LogP contribution in [-0.2, 0) is 54.3 Å². The van der Waals surface area contributed by atoms with E-state index in [2.05, 4.69) is 0 Å². The zero-order valence-corrected chi connectivity index (χ0v) is 25.0. The van der Waals surface area contributed by atoms with E-state index in [1.165, 1.54) is 12.2 Å². The van der Waals surface area contributed by atoms with E-state index in [0.29, 0.717) is 24.2 Å². The van der Waals surface area contributed by atoms with Crippen LogP contribution in [0.25, 0.3) is 0 Å². The van der Waals surface area contributed by atoms with Gasteiger partial charge in [0.15, 0.2) is 23.4 Å². The van der Waals surface area contributed by atoms with Crippen molar-refractivity contribution in [1.82, 2.24) is 0 Å². The van der Waals surface area contributed by atoms with E-state index >= 15 is 0 Å². The molecule has 6 atom stereocenters. The van der Waals surface area contributed by atoms with Gasteiger partial charge < -0.3 is 28.8 Å². The molecule has 2 fully saturated rings. The predicted octanol–water partition coefficient (Wildman–Crippen LogP) is 3.97. The van der Waals surface area contributed by atoms with Gasteiger partial charge in [-0.1, -0.05) is 51.3 Å². The average Bonchev–Trinajstić information content (AvgIpc) is 3.37. The molecule has 0 amide bonds. The van der Waals surface area contributed by atoms with E-state index in [1.54, 1.807) is 66.7 Å². The van der Waals surface area contributed by atoms with Crippen molar-refractivity contribution in [2.45, 2.75) is 70.2 Å². The van der Waals surface area contributed by atoms with E-state index < -0.39 is 59.5 Å². The number of esters is 4. The normalized spacial score (nSPS) is 28.8. The minimum Gasteiger partial charge on any atom is -0.456 e. The second kappa shape index (κ2) is 14.7. The maximum Gasteiger partial charge on any atom is 0.343 e. The Morgan fingerprint density at radius 1 is 0.791 bits per heavy atom. The number of benzene rings is 2. The van der Waals surface area contributed by atoms with Crippen LogP contribution in [0.4, 0.5) is 0 Å². The van der Waals surface area contributed by atoms with Crippen molar-refractivity contribution in [3.63, 3.8) is 0 Å². The molecule has 6 rings (SSSR count). The van der Waals surface area contributed by atoms with Crippen LogP contribution in [0.5, 0.6) is 0 Å². The molecule has 0 aromatic heterocycles. The van der Waals surface area contributed by atoms with Crippen LogP contribution in [0.2, 0.25) is 0 Å². The Morgan fingerprint density at radius 3 is 1.77 bits per heavy atom. The second-order valence-electron chi connectivity index (χ2n) is 9.73. The third kappa shape index (κ3) is 7.50. The maximum absolute atomic E-state index is 12.0. The molecule has 2 aromatic rings. The fraction of sp³-hybridized carbons (Fsp3) is 0.375. The van der Waals surface area contributed by atoms with Crippen molar-refractivity contribution in [2.75, 3.05) is 6.61 Å². The standard InChI is InChI=1S/C16H16O5.C14H12O5.2CH4.W/c1-2-19-16-9-8-12(13(10-16)21-15(16)18)20-14(17)11-6-4-3-5-7-11;15-12(9-4-2-1-3-5-9)18-10-6-7-14(17)8-11(10)19-13(14)16;;;/h3-9,12-13H,2,10H2,1H3;1-7,10-11,17H,8H2;2*1H4;/t12-,13-,16+;10-,11-,14+;;;/m11.../s1. The summed E-state index contributed by atoms with van der Waals surface area (Å²) in [5, 5.41) is 9.86. The number of rotatable bonds is 6. The topological polar surface area (TPSA) is 135 Å². The van der Waals surface area contributed by atoms with Gasteiger partial charge in [0, 0.05) is 40.5 Å². The third-order valence-electron chi connectivity index (χ3n) is 6.99. The van der Waals surface area contributed by atoms with Crippen LogP contribution in [0.3, 0.4) is 0 Å². The molecule has 0 spiro atoms. The summed E-state index contributed by atoms with van der Waals surface area (Å²) in [5.74, 6) is -2.02. The van der Waals surface area contributed by atoms with Gasteiger partial charge in [0.05, 0.1) is 11.1 Å². The molecule has 230 valence electrons. The summed E-state index contributed by atoms with van der Waals surface area (Å²) >= 11 is 0. The van der Waals surface area contributed by atoms with Gasteiger partial charge in [-0.15, -0.1) is 0 Å². The largest absolute Gasteiger partial charge is 0.456 e. The number of ether oxygens (including phenoxy) is 5. The third-order valence-corrected chi connectivity index (χ3v) is 6.99. The van der Waals surface area contributed by atoms with Gasteiger partial charge >= 0.3 is 23.9 Å². The molecule has 1 N–H and O–H groups in total. The molecular formula is C32H36O10W. The molecule has 2 saturated heterocycles. The van der Waals surface area contributed by atoms with Crippen molar-refractivity contribution >= 4 is 23.9 Å². The Kier molecular flexibility index (Phi) is 12.2. The Labute approximate surface area is 265 Å². The zero-order valence-electron chi connectivity index (χ0n) is 22.0. The molecule has 0 unspecified atom stereocenters. The van der Waals surface area contributed by atoms with Crippen LogP contribution >= 0.6 is 0 Å². The van der Waals surface area contributed by atoms with E-state index in [0.717, 1.165) is 0 Å². The molecule has 0 radical (unpaired) electrons. The van der Waals surface area contributed by atoms with Crippen molar-refractivity contribution < 1.29 is 69.0 Å². The van der Waals surface area contributed by atoms with E-state index in [4.69, 9.17) is 23.7 Å². The first-order valence-electron chi connectivity index (χ1n) is 12.9. The summed E-state index contributed by atoms with van der Waals surface area (Å²) in [6, 6.07) is 17.3. The first-order valence-corrected chi connectivity index (χ1v) is 12.9. The van der Waals surface area contributed by atoms with Gasteiger partial charge in [0.1, 0.15) is 12.2 Å². The average molecular weight is 764 g/mol. The second-order valence-corrected chi connectivity index (χ2v) is 9.73. The molecule has 11 heteroatoms. The van der Waals surface area contributed by atoms with Crippen LogP contribution in [0.1, 0.15) is 55.3 Å². The van der Waals surface area contributed by atoms with E-state index in [9.17, 15) is 24.3 Å². The number of carbonyl (C=O) groups excluding carboxylic acids is 4.